The number of ether oxygens (including phenoxy) is 1. The van der Waals surface area contributed by atoms with Gasteiger partial charge in [0.25, 0.3) is 5.91 Å². The molecule has 1 N–H and O–H groups in total. The van der Waals surface area contributed by atoms with Crippen molar-refractivity contribution in [3.63, 3.8) is 0 Å². The molecule has 1 amide bonds. The summed E-state index contributed by atoms with van der Waals surface area (Å²) in [4.78, 5) is 28.3. The molecule has 0 aliphatic heterocycles. The van der Waals surface area contributed by atoms with E-state index in [0.717, 1.165) is 33.8 Å². The van der Waals surface area contributed by atoms with Crippen LogP contribution in [0.1, 0.15) is 39.0 Å². The van der Waals surface area contributed by atoms with Crippen molar-refractivity contribution in [2.24, 2.45) is 5.92 Å². The van der Waals surface area contributed by atoms with Crippen LogP contribution in [0.15, 0.2) is 28.6 Å². The second kappa shape index (κ2) is 9.37. The Labute approximate surface area is 161 Å². The number of nitrogens with one attached hydrogen (secondary N) is 1. The number of hydrogen-bond donors (Lipinski definition) is 1. The summed E-state index contributed by atoms with van der Waals surface area (Å²) in [6, 6.07) is 8.19. The number of thiazole rings is 1. The summed E-state index contributed by atoms with van der Waals surface area (Å²) in [6.45, 7) is 1.98. The van der Waals surface area contributed by atoms with Crippen LogP contribution in [-0.4, -0.2) is 35.3 Å². The van der Waals surface area contributed by atoms with E-state index < -0.39 is 0 Å². The standard InChI is InChI=1S/C19H24N2O3S2/c1-13-6-2-3-7-14(13)20-17(22)12-24-18(23)10-11-25-19-21-15-8-4-5-9-16(15)26-19/h4-5,8-9,13-14H,2-3,6-7,10-12H2,1H3,(H,20,22)/t13-,14-/m1/s1. The van der Waals surface area contributed by atoms with Crippen LogP contribution in [-0.2, 0) is 14.3 Å². The quantitative estimate of drug-likeness (QED) is 0.569. The number of thioether (sulfide) groups is 1. The lowest BCUT2D eigenvalue weighted by molar-refractivity contribution is -0.148. The molecule has 0 saturated heterocycles. The van der Waals surface area contributed by atoms with Crippen molar-refractivity contribution in [3.8, 4) is 0 Å². The molecule has 1 aliphatic carbocycles. The zero-order chi connectivity index (χ0) is 18.4. The summed E-state index contributed by atoms with van der Waals surface area (Å²) in [5.74, 6) is 0.551. The molecule has 1 aromatic heterocycles. The molecule has 1 fully saturated rings. The molecule has 1 heterocycles. The molecule has 5 nitrogen and oxygen atoms in total. The molecule has 1 aromatic carbocycles. The van der Waals surface area contributed by atoms with Gasteiger partial charge in [-0.15, -0.1) is 11.3 Å². The van der Waals surface area contributed by atoms with Crippen LogP contribution in [0.2, 0.25) is 0 Å². The molecule has 0 radical (unpaired) electrons. The number of carbonyl (C=O) groups excluding carboxylic acids is 2. The monoisotopic (exact) mass is 392 g/mol. The van der Waals surface area contributed by atoms with Crippen molar-refractivity contribution >= 4 is 45.2 Å². The maximum absolute atomic E-state index is 12.0. The van der Waals surface area contributed by atoms with Crippen LogP contribution in [0.25, 0.3) is 10.2 Å². The number of hydrogen-bond acceptors (Lipinski definition) is 6. The second-order valence-electron chi connectivity index (χ2n) is 6.64. The van der Waals surface area contributed by atoms with Gasteiger partial charge >= 0.3 is 5.97 Å². The Morgan fingerprint density at radius 3 is 2.92 bits per heavy atom. The average Bonchev–Trinajstić information content (AvgIpc) is 3.05. The van der Waals surface area contributed by atoms with Gasteiger partial charge in [-0.2, -0.15) is 0 Å². The minimum Gasteiger partial charge on any atom is -0.456 e. The highest BCUT2D eigenvalue weighted by Gasteiger charge is 2.23. The first kappa shape index (κ1) is 19.2. The third kappa shape index (κ3) is 5.45. The topological polar surface area (TPSA) is 68.3 Å². The normalized spacial score (nSPS) is 20.0. The van der Waals surface area contributed by atoms with E-state index in [-0.39, 0.29) is 30.9 Å². The highest BCUT2D eigenvalue weighted by molar-refractivity contribution is 8.01. The fraction of sp³-hybridized carbons (Fsp3) is 0.526. The number of amides is 1. The van der Waals surface area contributed by atoms with Gasteiger partial charge < -0.3 is 10.1 Å². The SMILES string of the molecule is C[C@@H]1CCCC[C@H]1NC(=O)COC(=O)CCSc1nc2ccccc2s1. The van der Waals surface area contributed by atoms with Gasteiger partial charge in [0.15, 0.2) is 10.9 Å². The van der Waals surface area contributed by atoms with Crippen LogP contribution < -0.4 is 5.32 Å². The molecule has 0 bridgehead atoms. The first-order valence-corrected chi connectivity index (χ1v) is 10.9. The Morgan fingerprint density at radius 1 is 1.31 bits per heavy atom. The summed E-state index contributed by atoms with van der Waals surface area (Å²) in [5, 5.41) is 2.99. The van der Waals surface area contributed by atoms with Crippen molar-refractivity contribution < 1.29 is 14.3 Å². The minimum absolute atomic E-state index is 0.187. The molecule has 7 heteroatoms. The fourth-order valence-electron chi connectivity index (χ4n) is 3.13. The van der Waals surface area contributed by atoms with Gasteiger partial charge in [-0.1, -0.05) is 43.7 Å². The lowest BCUT2D eigenvalue weighted by Crippen LogP contribution is -2.42. The predicted molar refractivity (Wildman–Crippen MR) is 105 cm³/mol. The predicted octanol–water partition coefficient (Wildman–Crippen LogP) is 4.02. The maximum atomic E-state index is 12.0. The van der Waals surface area contributed by atoms with Crippen molar-refractivity contribution in [1.82, 2.24) is 10.3 Å². The van der Waals surface area contributed by atoms with E-state index in [1.807, 2.05) is 24.3 Å². The maximum Gasteiger partial charge on any atom is 0.307 e. The largest absolute Gasteiger partial charge is 0.456 e. The summed E-state index contributed by atoms with van der Waals surface area (Å²) in [5.41, 5.74) is 0.983. The first-order valence-electron chi connectivity index (χ1n) is 9.05. The number of carbonyl (C=O) groups is 2. The second-order valence-corrected chi connectivity index (χ2v) is 9.02. The van der Waals surface area contributed by atoms with Crippen molar-refractivity contribution in [3.05, 3.63) is 24.3 Å². The number of rotatable bonds is 7. The van der Waals surface area contributed by atoms with Gasteiger partial charge in [0.2, 0.25) is 0 Å². The number of fused-ring (bicyclic) bond motifs is 1. The van der Waals surface area contributed by atoms with E-state index in [2.05, 4.69) is 17.2 Å². The van der Waals surface area contributed by atoms with Crippen molar-refractivity contribution in [2.45, 2.75) is 49.4 Å². The van der Waals surface area contributed by atoms with Crippen LogP contribution in [0.3, 0.4) is 0 Å². The number of aromatic nitrogens is 1. The number of para-hydroxylation sites is 1. The van der Waals surface area contributed by atoms with E-state index in [4.69, 9.17) is 4.74 Å². The van der Waals surface area contributed by atoms with Crippen molar-refractivity contribution in [2.75, 3.05) is 12.4 Å². The fourth-order valence-corrected chi connectivity index (χ4v) is 5.19. The van der Waals surface area contributed by atoms with E-state index in [0.29, 0.717) is 11.7 Å². The van der Waals surface area contributed by atoms with E-state index in [1.165, 1.54) is 6.42 Å². The summed E-state index contributed by atoms with van der Waals surface area (Å²) in [7, 11) is 0. The Morgan fingerprint density at radius 2 is 2.12 bits per heavy atom. The number of esters is 1. The average molecular weight is 393 g/mol. The van der Waals surface area contributed by atoms with Crippen LogP contribution in [0.4, 0.5) is 0 Å². The smallest absolute Gasteiger partial charge is 0.307 e. The Kier molecular flexibility index (Phi) is 6.91. The van der Waals surface area contributed by atoms with Crippen molar-refractivity contribution in [1.29, 1.82) is 0 Å². The van der Waals surface area contributed by atoms with Crippen LogP contribution in [0.5, 0.6) is 0 Å². The summed E-state index contributed by atoms with van der Waals surface area (Å²) >= 11 is 3.17. The molecule has 2 aromatic rings. The number of benzene rings is 1. The lowest BCUT2D eigenvalue weighted by Gasteiger charge is -2.29. The summed E-state index contributed by atoms with van der Waals surface area (Å²) < 4.78 is 7.19. The van der Waals surface area contributed by atoms with Gasteiger partial charge in [-0.25, -0.2) is 4.98 Å². The Bertz CT molecular complexity index is 729. The van der Waals surface area contributed by atoms with Crippen LogP contribution in [0, 0.1) is 5.92 Å². The molecule has 140 valence electrons. The zero-order valence-corrected chi connectivity index (χ0v) is 16.5. The van der Waals surface area contributed by atoms with Gasteiger partial charge in [-0.05, 0) is 30.9 Å². The molecular weight excluding hydrogens is 368 g/mol. The van der Waals surface area contributed by atoms with Gasteiger partial charge in [-0.3, -0.25) is 9.59 Å². The highest BCUT2D eigenvalue weighted by Crippen LogP contribution is 2.29. The van der Waals surface area contributed by atoms with Crippen LogP contribution >= 0.6 is 23.1 Å². The third-order valence-corrected chi connectivity index (χ3v) is 6.81. The first-order chi connectivity index (χ1) is 12.6. The lowest BCUT2D eigenvalue weighted by atomic mass is 9.86. The number of nitrogens with zero attached hydrogens (tertiary/aromatic N) is 1. The van der Waals surface area contributed by atoms with Gasteiger partial charge in [0.1, 0.15) is 0 Å². The molecule has 0 unspecified atom stereocenters. The molecular formula is C19H24N2O3S2. The summed E-state index contributed by atoms with van der Waals surface area (Å²) in [6.07, 6.45) is 4.81. The van der Waals surface area contributed by atoms with E-state index in [9.17, 15) is 9.59 Å². The molecule has 0 spiro atoms. The molecule has 3 rings (SSSR count). The molecule has 1 aliphatic rings. The van der Waals surface area contributed by atoms with E-state index >= 15 is 0 Å². The molecule has 26 heavy (non-hydrogen) atoms. The molecule has 2 atom stereocenters. The third-order valence-electron chi connectivity index (χ3n) is 4.63. The zero-order valence-electron chi connectivity index (χ0n) is 14.9. The van der Waals surface area contributed by atoms with Gasteiger partial charge in [0.05, 0.1) is 16.6 Å². The minimum atomic E-state index is -0.342. The molecule has 1 saturated carbocycles. The van der Waals surface area contributed by atoms with Gasteiger partial charge in [0, 0.05) is 11.8 Å². The Hall–Kier alpha value is -1.60. The Balaban J connectivity index is 1.34. The van der Waals surface area contributed by atoms with E-state index in [1.54, 1.807) is 23.1 Å². The highest BCUT2D eigenvalue weighted by atomic mass is 32.2.